The standard InChI is InChI=1S/C12H10F4O3/c13-10-2-1-7(12(14,15)16)5-9(10)11(17)19-8-3-4-18-6-8/h1-2,5,8H,3-4,6H2. The van der Waals surface area contributed by atoms with E-state index in [9.17, 15) is 22.4 Å². The van der Waals surface area contributed by atoms with E-state index in [1.54, 1.807) is 0 Å². The number of rotatable bonds is 2. The maximum absolute atomic E-state index is 13.4. The third kappa shape index (κ3) is 3.23. The van der Waals surface area contributed by atoms with Gasteiger partial charge in [-0.25, -0.2) is 9.18 Å². The molecule has 0 aliphatic carbocycles. The summed E-state index contributed by atoms with van der Waals surface area (Å²) in [5.41, 5.74) is -1.81. The van der Waals surface area contributed by atoms with E-state index in [2.05, 4.69) is 0 Å². The van der Waals surface area contributed by atoms with Gasteiger partial charge in [0.1, 0.15) is 11.9 Å². The Morgan fingerprint density at radius 1 is 1.37 bits per heavy atom. The molecule has 0 amide bonds. The van der Waals surface area contributed by atoms with Gasteiger partial charge in [-0.15, -0.1) is 0 Å². The minimum atomic E-state index is -4.64. The Morgan fingerprint density at radius 3 is 2.68 bits per heavy atom. The van der Waals surface area contributed by atoms with Crippen LogP contribution in [0.3, 0.4) is 0 Å². The number of halogens is 4. The van der Waals surface area contributed by atoms with Gasteiger partial charge in [-0.05, 0) is 18.2 Å². The molecule has 3 nitrogen and oxygen atoms in total. The van der Waals surface area contributed by atoms with Gasteiger partial charge >= 0.3 is 12.1 Å². The van der Waals surface area contributed by atoms with Crippen LogP contribution in [-0.2, 0) is 15.7 Å². The van der Waals surface area contributed by atoms with Crippen molar-refractivity contribution in [2.75, 3.05) is 13.2 Å². The molecule has 1 unspecified atom stereocenters. The van der Waals surface area contributed by atoms with Gasteiger partial charge in [-0.2, -0.15) is 13.2 Å². The molecule has 0 aromatic heterocycles. The van der Waals surface area contributed by atoms with E-state index in [1.807, 2.05) is 0 Å². The van der Waals surface area contributed by atoms with Gasteiger partial charge in [0.25, 0.3) is 0 Å². The van der Waals surface area contributed by atoms with Crippen molar-refractivity contribution >= 4 is 5.97 Å². The molecule has 1 saturated heterocycles. The molecule has 1 aliphatic heterocycles. The van der Waals surface area contributed by atoms with Crippen LogP contribution in [0.1, 0.15) is 22.3 Å². The van der Waals surface area contributed by atoms with Crippen LogP contribution in [0.2, 0.25) is 0 Å². The van der Waals surface area contributed by atoms with E-state index < -0.39 is 35.2 Å². The van der Waals surface area contributed by atoms with Crippen LogP contribution in [-0.4, -0.2) is 25.3 Å². The summed E-state index contributed by atoms with van der Waals surface area (Å²) in [4.78, 5) is 11.6. The smallest absolute Gasteiger partial charge is 0.416 e. The topological polar surface area (TPSA) is 35.5 Å². The molecule has 0 N–H and O–H groups in total. The van der Waals surface area contributed by atoms with Crippen molar-refractivity contribution in [3.63, 3.8) is 0 Å². The van der Waals surface area contributed by atoms with E-state index in [0.29, 0.717) is 31.2 Å². The molecular weight excluding hydrogens is 268 g/mol. The second kappa shape index (κ2) is 5.16. The van der Waals surface area contributed by atoms with Crippen molar-refractivity contribution in [1.82, 2.24) is 0 Å². The van der Waals surface area contributed by atoms with Crippen LogP contribution in [0.15, 0.2) is 18.2 Å². The second-order valence-electron chi connectivity index (χ2n) is 4.08. The number of alkyl halides is 3. The van der Waals surface area contributed by atoms with Crippen LogP contribution in [0.25, 0.3) is 0 Å². The lowest BCUT2D eigenvalue weighted by Gasteiger charge is -2.12. The Hall–Kier alpha value is -1.63. The molecule has 1 fully saturated rings. The Labute approximate surface area is 106 Å². The van der Waals surface area contributed by atoms with Crippen molar-refractivity contribution in [2.24, 2.45) is 0 Å². The van der Waals surface area contributed by atoms with Crippen molar-refractivity contribution in [2.45, 2.75) is 18.7 Å². The molecule has 1 aromatic rings. The summed E-state index contributed by atoms with van der Waals surface area (Å²) in [7, 11) is 0. The largest absolute Gasteiger partial charge is 0.456 e. The minimum Gasteiger partial charge on any atom is -0.456 e. The molecule has 0 saturated carbocycles. The average Bonchev–Trinajstić information content (AvgIpc) is 2.80. The molecule has 0 spiro atoms. The van der Waals surface area contributed by atoms with Gasteiger partial charge in [0, 0.05) is 6.42 Å². The highest BCUT2D eigenvalue weighted by atomic mass is 19.4. The van der Waals surface area contributed by atoms with Crippen molar-refractivity contribution < 1.29 is 31.8 Å². The van der Waals surface area contributed by atoms with Crippen LogP contribution in [0, 0.1) is 5.82 Å². The number of carbonyl (C=O) groups excluding carboxylic acids is 1. The molecule has 1 aromatic carbocycles. The van der Waals surface area contributed by atoms with Gasteiger partial charge in [0.15, 0.2) is 0 Å². The average molecular weight is 278 g/mol. The highest BCUT2D eigenvalue weighted by Crippen LogP contribution is 2.30. The van der Waals surface area contributed by atoms with Crippen LogP contribution < -0.4 is 0 Å². The maximum Gasteiger partial charge on any atom is 0.416 e. The Morgan fingerprint density at radius 2 is 2.11 bits per heavy atom. The van der Waals surface area contributed by atoms with Gasteiger partial charge in [0.05, 0.1) is 24.3 Å². The zero-order chi connectivity index (χ0) is 14.0. The molecule has 1 heterocycles. The number of ether oxygens (including phenoxy) is 2. The summed E-state index contributed by atoms with van der Waals surface area (Å²) in [5, 5.41) is 0. The van der Waals surface area contributed by atoms with Crippen molar-refractivity contribution in [1.29, 1.82) is 0 Å². The summed E-state index contributed by atoms with van der Waals surface area (Å²) in [6.45, 7) is 0.579. The first-order valence-electron chi connectivity index (χ1n) is 5.53. The fourth-order valence-corrected chi connectivity index (χ4v) is 1.68. The summed E-state index contributed by atoms with van der Waals surface area (Å²) in [6, 6.07) is 1.63. The first kappa shape index (κ1) is 13.8. The van der Waals surface area contributed by atoms with Crippen LogP contribution in [0.5, 0.6) is 0 Å². The summed E-state index contributed by atoms with van der Waals surface area (Å²) < 4.78 is 60.6. The van der Waals surface area contributed by atoms with E-state index >= 15 is 0 Å². The molecule has 1 atom stereocenters. The predicted molar refractivity (Wildman–Crippen MR) is 56.0 cm³/mol. The minimum absolute atomic E-state index is 0.173. The number of benzene rings is 1. The lowest BCUT2D eigenvalue weighted by Crippen LogP contribution is -2.19. The van der Waals surface area contributed by atoms with Crippen molar-refractivity contribution in [3.05, 3.63) is 35.1 Å². The van der Waals surface area contributed by atoms with Gasteiger partial charge in [0.2, 0.25) is 0 Å². The first-order valence-corrected chi connectivity index (χ1v) is 5.53. The van der Waals surface area contributed by atoms with Gasteiger partial charge < -0.3 is 9.47 Å². The number of esters is 1. The van der Waals surface area contributed by atoms with E-state index in [0.717, 1.165) is 0 Å². The van der Waals surface area contributed by atoms with Gasteiger partial charge in [-0.3, -0.25) is 0 Å². The molecule has 19 heavy (non-hydrogen) atoms. The molecule has 7 heteroatoms. The van der Waals surface area contributed by atoms with E-state index in [1.165, 1.54) is 0 Å². The highest BCUT2D eigenvalue weighted by molar-refractivity contribution is 5.90. The van der Waals surface area contributed by atoms with Gasteiger partial charge in [-0.1, -0.05) is 0 Å². The van der Waals surface area contributed by atoms with Crippen LogP contribution >= 0.6 is 0 Å². The lowest BCUT2D eigenvalue weighted by molar-refractivity contribution is -0.137. The van der Waals surface area contributed by atoms with Crippen LogP contribution in [0.4, 0.5) is 17.6 Å². The molecule has 0 bridgehead atoms. The third-order valence-corrected chi connectivity index (χ3v) is 2.68. The summed E-state index contributed by atoms with van der Waals surface area (Å²) in [6.07, 6.45) is -4.73. The zero-order valence-corrected chi connectivity index (χ0v) is 9.67. The normalized spacial score (nSPS) is 19.5. The fourth-order valence-electron chi connectivity index (χ4n) is 1.68. The molecule has 104 valence electrons. The Bertz CT molecular complexity index is 478. The Kier molecular flexibility index (Phi) is 3.75. The number of hydrogen-bond acceptors (Lipinski definition) is 3. The summed E-state index contributed by atoms with van der Waals surface area (Å²) >= 11 is 0. The molecule has 2 rings (SSSR count). The monoisotopic (exact) mass is 278 g/mol. The van der Waals surface area contributed by atoms with E-state index in [4.69, 9.17) is 9.47 Å². The summed E-state index contributed by atoms with van der Waals surface area (Å²) in [5.74, 6) is -2.16. The SMILES string of the molecule is O=C(OC1CCOC1)c1cc(C(F)(F)F)ccc1F. The molecule has 1 aliphatic rings. The number of hydrogen-bond donors (Lipinski definition) is 0. The quantitative estimate of drug-likeness (QED) is 0.616. The maximum atomic E-state index is 13.4. The third-order valence-electron chi connectivity index (χ3n) is 2.68. The fraction of sp³-hybridized carbons (Fsp3) is 0.417. The molecule has 0 radical (unpaired) electrons. The predicted octanol–water partition coefficient (Wildman–Crippen LogP) is 2.79. The molecular formula is C12H10F4O3. The van der Waals surface area contributed by atoms with E-state index in [-0.39, 0.29) is 6.61 Å². The number of carbonyl (C=O) groups is 1. The Balaban J connectivity index is 2.20. The first-order chi connectivity index (χ1) is 8.88. The lowest BCUT2D eigenvalue weighted by atomic mass is 10.1. The highest BCUT2D eigenvalue weighted by Gasteiger charge is 2.32. The van der Waals surface area contributed by atoms with Crippen molar-refractivity contribution in [3.8, 4) is 0 Å². The zero-order valence-electron chi connectivity index (χ0n) is 9.67. The second-order valence-corrected chi connectivity index (χ2v) is 4.08.